The molecule has 0 saturated heterocycles. The molecule has 0 spiro atoms. The minimum absolute atomic E-state index is 0.0372. The molecule has 1 aromatic heterocycles. The molecule has 0 aliphatic carbocycles. The zero-order valence-corrected chi connectivity index (χ0v) is 15.1. The summed E-state index contributed by atoms with van der Waals surface area (Å²) in [5, 5.41) is 9.94. The van der Waals surface area contributed by atoms with Gasteiger partial charge in [0.05, 0.1) is 10.2 Å². The summed E-state index contributed by atoms with van der Waals surface area (Å²) in [5.41, 5.74) is 7.70. The average molecular weight is 418 g/mol. The Bertz CT molecular complexity index is 1000. The van der Waals surface area contributed by atoms with Crippen LogP contribution in [0.3, 0.4) is 0 Å². The van der Waals surface area contributed by atoms with Crippen LogP contribution in [-0.4, -0.2) is 22.1 Å². The number of hydrogen-bond acceptors (Lipinski definition) is 5. The van der Waals surface area contributed by atoms with Gasteiger partial charge in [-0.2, -0.15) is 0 Å². The number of carbonyl (C=O) groups excluding carboxylic acids is 1. The maximum Gasteiger partial charge on any atom is 0.257 e. The molecule has 26 heavy (non-hydrogen) atoms. The maximum absolute atomic E-state index is 13.3. The van der Waals surface area contributed by atoms with Crippen molar-refractivity contribution in [1.82, 2.24) is 10.3 Å². The van der Waals surface area contributed by atoms with Gasteiger partial charge in [-0.05, 0) is 63.0 Å². The average Bonchev–Trinajstić information content (AvgIpc) is 3.06. The first kappa shape index (κ1) is 17.7. The number of carbonyl (C=O) groups is 1. The molecule has 3 aromatic rings. The fourth-order valence-electron chi connectivity index (χ4n) is 2.19. The number of hydrogen-bond donors (Lipinski definition) is 2. The molecule has 0 saturated carbocycles. The van der Waals surface area contributed by atoms with Crippen molar-refractivity contribution in [3.05, 3.63) is 69.6 Å². The van der Waals surface area contributed by atoms with Crippen molar-refractivity contribution in [2.75, 3.05) is 5.32 Å². The molecule has 1 amide bonds. The van der Waals surface area contributed by atoms with E-state index < -0.39 is 5.82 Å². The number of anilines is 1. The number of aliphatic imine (C=N–C) groups is 1. The van der Waals surface area contributed by atoms with Crippen LogP contribution in [0.25, 0.3) is 0 Å². The largest absolute Gasteiger partial charge is 0.382 e. The lowest BCUT2D eigenvalue weighted by molar-refractivity contribution is 0.102. The van der Waals surface area contributed by atoms with Crippen molar-refractivity contribution in [3.63, 3.8) is 0 Å². The van der Waals surface area contributed by atoms with E-state index in [0.717, 1.165) is 5.56 Å². The van der Waals surface area contributed by atoms with E-state index in [-0.39, 0.29) is 27.7 Å². The van der Waals surface area contributed by atoms with Gasteiger partial charge in [0.15, 0.2) is 11.5 Å². The monoisotopic (exact) mass is 417 g/mol. The molecule has 3 N–H and O–H groups in total. The van der Waals surface area contributed by atoms with Crippen LogP contribution in [0.5, 0.6) is 0 Å². The van der Waals surface area contributed by atoms with E-state index in [1.54, 1.807) is 12.1 Å². The van der Waals surface area contributed by atoms with E-state index in [0.29, 0.717) is 11.3 Å². The molecule has 2 aromatic carbocycles. The summed E-state index contributed by atoms with van der Waals surface area (Å²) in [4.78, 5) is 16.5. The van der Waals surface area contributed by atoms with E-state index in [2.05, 4.69) is 41.2 Å². The number of amidine groups is 1. The third-order valence-corrected chi connectivity index (χ3v) is 4.11. The summed E-state index contributed by atoms with van der Waals surface area (Å²) < 4.78 is 18.2. The number of amides is 1. The highest BCUT2D eigenvalue weighted by atomic mass is 79.9. The number of nitrogens with one attached hydrogen (secondary N) is 1. The number of nitrogens with two attached hydrogens (primary N) is 1. The summed E-state index contributed by atoms with van der Waals surface area (Å²) in [5.74, 6) is -0.792. The third kappa shape index (κ3) is 3.77. The van der Waals surface area contributed by atoms with Crippen molar-refractivity contribution < 1.29 is 13.8 Å². The normalized spacial score (nSPS) is 11.4. The predicted molar refractivity (Wildman–Crippen MR) is 97.9 cm³/mol. The van der Waals surface area contributed by atoms with Crippen LogP contribution in [0.15, 0.2) is 56.6 Å². The number of rotatable bonds is 4. The fourth-order valence-corrected chi connectivity index (χ4v) is 2.55. The molecule has 0 aliphatic heterocycles. The molecule has 0 bridgehead atoms. The molecule has 0 radical (unpaired) electrons. The molecule has 0 atom stereocenters. The van der Waals surface area contributed by atoms with Gasteiger partial charge in [-0.1, -0.05) is 18.2 Å². The second kappa shape index (κ2) is 7.44. The van der Waals surface area contributed by atoms with Crippen LogP contribution >= 0.6 is 15.9 Å². The molecule has 0 fully saturated rings. The summed E-state index contributed by atoms with van der Waals surface area (Å²) in [6, 6.07) is 11.3. The topological polar surface area (TPSA) is 106 Å². The Balaban J connectivity index is 1.86. The minimum atomic E-state index is -0.420. The minimum Gasteiger partial charge on any atom is -0.382 e. The fraction of sp³-hybridized carbons (Fsp3) is 0.0588. The van der Waals surface area contributed by atoms with Crippen molar-refractivity contribution in [2.45, 2.75) is 6.92 Å². The summed E-state index contributed by atoms with van der Waals surface area (Å²) in [6.45, 7) is 1.82. The van der Waals surface area contributed by atoms with Crippen LogP contribution in [0.2, 0.25) is 0 Å². The van der Waals surface area contributed by atoms with Crippen LogP contribution < -0.4 is 11.1 Å². The Morgan fingerprint density at radius 1 is 1.27 bits per heavy atom. The lowest BCUT2D eigenvalue weighted by Gasteiger charge is -2.05. The number of aromatic nitrogens is 2. The SMILES string of the molecule is Cc1ccccc1C(=O)Nc1nonc1C(N)=Nc1ccc(F)c(Br)c1. The molecule has 9 heteroatoms. The lowest BCUT2D eigenvalue weighted by Crippen LogP contribution is -2.19. The highest BCUT2D eigenvalue weighted by molar-refractivity contribution is 9.10. The molecule has 132 valence electrons. The van der Waals surface area contributed by atoms with E-state index >= 15 is 0 Å². The Kier molecular flexibility index (Phi) is 5.08. The van der Waals surface area contributed by atoms with Gasteiger partial charge in [0, 0.05) is 5.56 Å². The van der Waals surface area contributed by atoms with E-state index in [9.17, 15) is 9.18 Å². The van der Waals surface area contributed by atoms with Crippen molar-refractivity contribution in [3.8, 4) is 0 Å². The molecular weight excluding hydrogens is 405 g/mol. The van der Waals surface area contributed by atoms with Crippen molar-refractivity contribution >= 4 is 39.2 Å². The van der Waals surface area contributed by atoms with Crippen LogP contribution in [0, 0.1) is 12.7 Å². The van der Waals surface area contributed by atoms with Gasteiger partial charge < -0.3 is 11.1 Å². The molecular formula is C17H13BrFN5O2. The first-order valence-corrected chi connectivity index (χ1v) is 8.24. The van der Waals surface area contributed by atoms with E-state index in [1.807, 2.05) is 19.1 Å². The molecule has 0 aliphatic rings. The van der Waals surface area contributed by atoms with Gasteiger partial charge in [0.2, 0.25) is 5.82 Å². The van der Waals surface area contributed by atoms with Gasteiger partial charge in [-0.25, -0.2) is 14.0 Å². The summed E-state index contributed by atoms with van der Waals surface area (Å²) in [7, 11) is 0. The van der Waals surface area contributed by atoms with Gasteiger partial charge in [-0.15, -0.1) is 0 Å². The number of aryl methyl sites for hydroxylation is 1. The molecule has 0 unspecified atom stereocenters. The predicted octanol–water partition coefficient (Wildman–Crippen LogP) is 3.57. The molecule has 3 rings (SSSR count). The van der Waals surface area contributed by atoms with Gasteiger partial charge in [-0.3, -0.25) is 4.79 Å². The first-order valence-electron chi connectivity index (χ1n) is 7.45. The zero-order valence-electron chi connectivity index (χ0n) is 13.5. The molecule has 7 nitrogen and oxygen atoms in total. The van der Waals surface area contributed by atoms with Crippen LogP contribution in [0.1, 0.15) is 21.6 Å². The Labute approximate surface area is 156 Å². The quantitative estimate of drug-likeness (QED) is 0.498. The summed E-state index contributed by atoms with van der Waals surface area (Å²) >= 11 is 3.08. The van der Waals surface area contributed by atoms with Crippen molar-refractivity contribution in [1.29, 1.82) is 0 Å². The first-order chi connectivity index (χ1) is 12.5. The Morgan fingerprint density at radius 2 is 2.04 bits per heavy atom. The smallest absolute Gasteiger partial charge is 0.257 e. The van der Waals surface area contributed by atoms with E-state index in [4.69, 9.17) is 5.73 Å². The second-order valence-corrected chi connectivity index (χ2v) is 6.18. The number of benzene rings is 2. The van der Waals surface area contributed by atoms with Crippen LogP contribution in [-0.2, 0) is 0 Å². The van der Waals surface area contributed by atoms with Gasteiger partial charge in [0.1, 0.15) is 5.82 Å². The molecule has 1 heterocycles. The Morgan fingerprint density at radius 3 is 2.77 bits per heavy atom. The third-order valence-electron chi connectivity index (χ3n) is 3.51. The van der Waals surface area contributed by atoms with Crippen molar-refractivity contribution in [2.24, 2.45) is 10.7 Å². The van der Waals surface area contributed by atoms with E-state index in [1.165, 1.54) is 18.2 Å². The second-order valence-electron chi connectivity index (χ2n) is 5.33. The highest BCUT2D eigenvalue weighted by Crippen LogP contribution is 2.23. The lowest BCUT2D eigenvalue weighted by atomic mass is 10.1. The number of nitrogens with zero attached hydrogens (tertiary/aromatic N) is 3. The van der Waals surface area contributed by atoms with Gasteiger partial charge >= 0.3 is 0 Å². The maximum atomic E-state index is 13.3. The van der Waals surface area contributed by atoms with Crippen LogP contribution in [0.4, 0.5) is 15.9 Å². The zero-order chi connectivity index (χ0) is 18.7. The summed E-state index contributed by atoms with van der Waals surface area (Å²) in [6.07, 6.45) is 0. The van der Waals surface area contributed by atoms with Gasteiger partial charge in [0.25, 0.3) is 5.91 Å². The number of halogens is 2. The Hall–Kier alpha value is -3.07. The standard InChI is InChI=1S/C17H13BrFN5O2/c1-9-4-2-3-5-11(9)17(25)22-16-14(23-26-24-16)15(20)21-10-6-7-13(19)12(18)8-10/h2-8H,1H3,(H2,20,21)(H,22,24,25). The highest BCUT2D eigenvalue weighted by Gasteiger charge is 2.18.